The zero-order valence-electron chi connectivity index (χ0n) is 8.91. The molecule has 0 fully saturated rings. The number of esters is 1. The summed E-state index contributed by atoms with van der Waals surface area (Å²) in [5, 5.41) is 10.8. The van der Waals surface area contributed by atoms with Crippen LogP contribution in [0.2, 0.25) is 0 Å². The fraction of sp³-hybridized carbons (Fsp3) is 0.300. The Morgan fingerprint density at radius 2 is 2.24 bits per heavy atom. The van der Waals surface area contributed by atoms with E-state index in [-0.39, 0.29) is 17.3 Å². The number of benzene rings is 1. The molecule has 0 heterocycles. The van der Waals surface area contributed by atoms with Crippen molar-refractivity contribution in [3.63, 3.8) is 0 Å². The number of carbonyl (C=O) groups is 1. The summed E-state index contributed by atoms with van der Waals surface area (Å²) in [7, 11) is 1.22. The number of methoxy groups -OCH3 is 1. The molecule has 1 aromatic carbocycles. The summed E-state index contributed by atoms with van der Waals surface area (Å²) in [5.74, 6) is -1.48. The molecule has 0 radical (unpaired) electrons. The van der Waals surface area contributed by atoms with Crippen molar-refractivity contribution in [3.05, 3.63) is 39.2 Å². The SMILES string of the molecule is COC(=O)Cc1cc(F)c([N+](=O)[O-])c(CBr)c1. The summed E-state index contributed by atoms with van der Waals surface area (Å²) < 4.78 is 17.9. The van der Waals surface area contributed by atoms with Crippen molar-refractivity contribution in [2.24, 2.45) is 0 Å². The average molecular weight is 306 g/mol. The minimum Gasteiger partial charge on any atom is -0.469 e. The molecule has 0 aliphatic heterocycles. The summed E-state index contributed by atoms with van der Waals surface area (Å²) in [6.07, 6.45) is -0.120. The van der Waals surface area contributed by atoms with E-state index < -0.39 is 22.4 Å². The van der Waals surface area contributed by atoms with Crippen molar-refractivity contribution < 1.29 is 18.8 Å². The van der Waals surface area contributed by atoms with Gasteiger partial charge in [-0.05, 0) is 17.7 Å². The first-order chi connectivity index (χ1) is 7.99. The molecule has 0 N–H and O–H groups in total. The van der Waals surface area contributed by atoms with Gasteiger partial charge < -0.3 is 4.74 Å². The third-order valence-corrected chi connectivity index (χ3v) is 2.71. The van der Waals surface area contributed by atoms with Crippen LogP contribution in [0.15, 0.2) is 12.1 Å². The highest BCUT2D eigenvalue weighted by Crippen LogP contribution is 2.26. The number of hydrogen-bond acceptors (Lipinski definition) is 4. The van der Waals surface area contributed by atoms with Gasteiger partial charge in [0.25, 0.3) is 0 Å². The fourth-order valence-corrected chi connectivity index (χ4v) is 1.79. The Balaban J connectivity index is 3.17. The molecule has 0 saturated carbocycles. The lowest BCUT2D eigenvalue weighted by Gasteiger charge is -2.05. The molecule has 7 heteroatoms. The van der Waals surface area contributed by atoms with Gasteiger partial charge in [0.05, 0.1) is 18.5 Å². The minimum atomic E-state index is -0.953. The molecule has 0 saturated heterocycles. The van der Waals surface area contributed by atoms with Crippen LogP contribution in [0.25, 0.3) is 0 Å². The Morgan fingerprint density at radius 3 is 2.71 bits per heavy atom. The van der Waals surface area contributed by atoms with Gasteiger partial charge in [-0.15, -0.1) is 0 Å². The predicted molar refractivity (Wildman–Crippen MR) is 61.4 cm³/mol. The van der Waals surface area contributed by atoms with Gasteiger partial charge in [-0.3, -0.25) is 14.9 Å². The van der Waals surface area contributed by atoms with Crippen LogP contribution in [-0.2, 0) is 21.3 Å². The molecule has 0 amide bonds. The molecule has 92 valence electrons. The van der Waals surface area contributed by atoms with Gasteiger partial charge in [0.2, 0.25) is 5.82 Å². The Kier molecular flexibility index (Phi) is 4.56. The number of nitrogens with zero attached hydrogens (tertiary/aromatic N) is 1. The average Bonchev–Trinajstić information content (AvgIpc) is 2.27. The number of nitro groups is 1. The Hall–Kier alpha value is -1.50. The molecule has 0 atom stereocenters. The quantitative estimate of drug-likeness (QED) is 0.370. The lowest BCUT2D eigenvalue weighted by molar-refractivity contribution is -0.388. The third-order valence-electron chi connectivity index (χ3n) is 2.10. The van der Waals surface area contributed by atoms with Crippen molar-refractivity contribution in [3.8, 4) is 0 Å². The van der Waals surface area contributed by atoms with Crippen molar-refractivity contribution in [2.75, 3.05) is 7.11 Å². The van der Waals surface area contributed by atoms with E-state index in [1.165, 1.54) is 13.2 Å². The van der Waals surface area contributed by atoms with E-state index in [0.29, 0.717) is 5.56 Å². The zero-order valence-corrected chi connectivity index (χ0v) is 10.5. The van der Waals surface area contributed by atoms with Crippen LogP contribution in [0.5, 0.6) is 0 Å². The second-order valence-corrected chi connectivity index (χ2v) is 3.79. The van der Waals surface area contributed by atoms with Crippen molar-refractivity contribution >= 4 is 27.6 Å². The lowest BCUT2D eigenvalue weighted by Crippen LogP contribution is -2.06. The number of hydrogen-bond donors (Lipinski definition) is 0. The maximum Gasteiger partial charge on any atom is 0.309 e. The van der Waals surface area contributed by atoms with Gasteiger partial charge in [0.15, 0.2) is 0 Å². The molecule has 1 rings (SSSR count). The molecular formula is C10H9BrFNO4. The normalized spacial score (nSPS) is 10.1. The molecule has 17 heavy (non-hydrogen) atoms. The van der Waals surface area contributed by atoms with Gasteiger partial charge in [-0.1, -0.05) is 15.9 Å². The second-order valence-electron chi connectivity index (χ2n) is 3.23. The van der Waals surface area contributed by atoms with E-state index in [0.717, 1.165) is 6.07 Å². The summed E-state index contributed by atoms with van der Waals surface area (Å²) in [5.41, 5.74) is -0.0428. The predicted octanol–water partition coefficient (Wildman–Crippen LogP) is 2.34. The standard InChI is InChI=1S/C10H9BrFNO4/c1-17-9(14)4-6-2-7(5-11)10(13(15)16)8(12)3-6/h2-3H,4-5H2,1H3. The second kappa shape index (κ2) is 5.72. The molecular weight excluding hydrogens is 297 g/mol. The fourth-order valence-electron chi connectivity index (χ4n) is 1.37. The largest absolute Gasteiger partial charge is 0.469 e. The number of rotatable bonds is 4. The van der Waals surface area contributed by atoms with Crippen LogP contribution in [0.4, 0.5) is 10.1 Å². The first-order valence-corrected chi connectivity index (χ1v) is 5.70. The number of carbonyl (C=O) groups excluding carboxylic acids is 1. The molecule has 5 nitrogen and oxygen atoms in total. The van der Waals surface area contributed by atoms with Crippen LogP contribution in [0.3, 0.4) is 0 Å². The number of halogens is 2. The van der Waals surface area contributed by atoms with Gasteiger partial charge in [-0.2, -0.15) is 4.39 Å². The van der Waals surface area contributed by atoms with E-state index >= 15 is 0 Å². The van der Waals surface area contributed by atoms with Crippen LogP contribution in [0, 0.1) is 15.9 Å². The first kappa shape index (κ1) is 13.6. The minimum absolute atomic E-state index is 0.120. The van der Waals surface area contributed by atoms with Crippen LogP contribution < -0.4 is 0 Å². The number of nitro benzene ring substituents is 1. The highest BCUT2D eigenvalue weighted by Gasteiger charge is 2.21. The highest BCUT2D eigenvalue weighted by atomic mass is 79.9. The third kappa shape index (κ3) is 3.23. The molecule has 0 aromatic heterocycles. The summed E-state index contributed by atoms with van der Waals surface area (Å²) in [6.45, 7) is 0. The molecule has 0 aliphatic rings. The monoisotopic (exact) mass is 305 g/mol. The van der Waals surface area contributed by atoms with Gasteiger partial charge >= 0.3 is 11.7 Å². The van der Waals surface area contributed by atoms with E-state index in [2.05, 4.69) is 20.7 Å². The topological polar surface area (TPSA) is 69.4 Å². The van der Waals surface area contributed by atoms with Crippen LogP contribution in [0.1, 0.15) is 11.1 Å². The van der Waals surface area contributed by atoms with E-state index in [4.69, 9.17) is 0 Å². The zero-order chi connectivity index (χ0) is 13.0. The van der Waals surface area contributed by atoms with Crippen molar-refractivity contribution in [1.82, 2.24) is 0 Å². The Labute approximate surface area is 105 Å². The number of alkyl halides is 1. The van der Waals surface area contributed by atoms with Crippen molar-refractivity contribution in [1.29, 1.82) is 0 Å². The van der Waals surface area contributed by atoms with Crippen LogP contribution in [-0.4, -0.2) is 18.0 Å². The van der Waals surface area contributed by atoms with Gasteiger partial charge in [0.1, 0.15) is 0 Å². The first-order valence-electron chi connectivity index (χ1n) is 4.58. The molecule has 1 aromatic rings. The summed E-state index contributed by atoms with van der Waals surface area (Å²) in [6, 6.07) is 2.38. The lowest BCUT2D eigenvalue weighted by atomic mass is 10.1. The molecule has 0 spiro atoms. The summed E-state index contributed by atoms with van der Waals surface area (Å²) in [4.78, 5) is 20.9. The van der Waals surface area contributed by atoms with E-state index in [1.807, 2.05) is 0 Å². The van der Waals surface area contributed by atoms with Gasteiger partial charge in [0, 0.05) is 10.9 Å². The molecule has 0 bridgehead atoms. The maximum atomic E-state index is 13.5. The van der Waals surface area contributed by atoms with Gasteiger partial charge in [-0.25, -0.2) is 0 Å². The highest BCUT2D eigenvalue weighted by molar-refractivity contribution is 9.08. The smallest absolute Gasteiger partial charge is 0.309 e. The van der Waals surface area contributed by atoms with Crippen LogP contribution >= 0.6 is 15.9 Å². The number of ether oxygens (including phenoxy) is 1. The Morgan fingerprint density at radius 1 is 1.59 bits per heavy atom. The molecule has 0 aliphatic carbocycles. The molecule has 0 unspecified atom stereocenters. The van der Waals surface area contributed by atoms with Crippen molar-refractivity contribution in [2.45, 2.75) is 11.8 Å². The van der Waals surface area contributed by atoms with E-state index in [9.17, 15) is 19.3 Å². The summed E-state index contributed by atoms with van der Waals surface area (Å²) >= 11 is 3.04. The Bertz CT molecular complexity index is 464. The maximum absolute atomic E-state index is 13.5. The van der Waals surface area contributed by atoms with E-state index in [1.54, 1.807) is 0 Å².